The van der Waals surface area contributed by atoms with Crippen molar-refractivity contribution < 1.29 is 110 Å². The number of alkyl carbamates (subject to hydrolysis) is 1. The van der Waals surface area contributed by atoms with Crippen LogP contribution in [0.25, 0.3) is 33.4 Å². The van der Waals surface area contributed by atoms with Gasteiger partial charge in [-0.15, -0.1) is 0 Å². The second-order valence-corrected chi connectivity index (χ2v) is 27.4. The van der Waals surface area contributed by atoms with Crippen molar-refractivity contribution >= 4 is 82.7 Å². The number of carbonyl (C=O) groups excluding carboxylic acids is 11. The SMILES string of the molecule is CCc1c2c(nc3ccc(OC(=O)OC(C)(C)C)cc13)-c1cc3c(c(=O)n1C2)COC(=O)[C@@]3(CC)OC(=O)N(C)CCN(C)C(=O)OCc1ccc(NC(=O)[C@H](C)NC(=O)[C@@H](NC(=O)OCC2c3ccccc3-c3ccccc32)C(C)C)c(O[C@@H]2O[C@H](C(=O)OC)[C@@H](OC(C)=O)[C@H](OC(C)=O)[C@H]2OC(C)=O)c1. The number of hydrogen-bond donors (Lipinski definition) is 3. The number of pyridine rings is 2. The smallest absolute Gasteiger partial charge is 0.467 e. The Balaban J connectivity index is 0.836. The molecule has 4 aliphatic rings. The summed E-state index contributed by atoms with van der Waals surface area (Å²) in [4.78, 5) is 170. The Hall–Kier alpha value is -11.6. The first-order valence-corrected chi connectivity index (χ1v) is 34.6. The highest BCUT2D eigenvalue weighted by Gasteiger charge is 2.56. The predicted molar refractivity (Wildman–Crippen MR) is 378 cm³/mol. The van der Waals surface area contributed by atoms with Crippen LogP contribution in [0.5, 0.6) is 11.5 Å². The van der Waals surface area contributed by atoms with Gasteiger partial charge in [0, 0.05) is 70.4 Å². The van der Waals surface area contributed by atoms with Crippen LogP contribution >= 0.6 is 0 Å². The van der Waals surface area contributed by atoms with Crippen molar-refractivity contribution in [2.75, 3.05) is 46.2 Å². The molecule has 107 heavy (non-hydrogen) atoms. The van der Waals surface area contributed by atoms with Gasteiger partial charge in [0.1, 0.15) is 49.0 Å². The molecule has 6 aromatic rings. The van der Waals surface area contributed by atoms with Crippen molar-refractivity contribution in [3.63, 3.8) is 0 Å². The number of aromatic nitrogens is 2. The minimum absolute atomic E-state index is 0.0354. The normalized spacial score (nSPS) is 18.7. The van der Waals surface area contributed by atoms with E-state index in [1.54, 1.807) is 65.8 Å². The van der Waals surface area contributed by atoms with Gasteiger partial charge in [0.15, 0.2) is 18.3 Å². The van der Waals surface area contributed by atoms with Crippen LogP contribution in [0.15, 0.2) is 95.8 Å². The molecule has 3 aliphatic heterocycles. The number of ether oxygens (including phenoxy) is 12. The lowest BCUT2D eigenvalue weighted by molar-refractivity contribution is -0.282. The molecule has 5 heterocycles. The number of nitrogens with zero attached hydrogens (tertiary/aromatic N) is 4. The maximum absolute atomic E-state index is 14.5. The number of benzene rings is 4. The van der Waals surface area contributed by atoms with Gasteiger partial charge in [-0.05, 0) is 116 Å². The van der Waals surface area contributed by atoms with E-state index in [4.69, 9.17) is 61.8 Å². The number of nitrogens with one attached hydrogen (secondary N) is 3. The van der Waals surface area contributed by atoms with Crippen LogP contribution in [0.2, 0.25) is 0 Å². The summed E-state index contributed by atoms with van der Waals surface area (Å²) in [5.74, 6) is -7.49. The Morgan fingerprint density at radius 3 is 1.99 bits per heavy atom. The van der Waals surface area contributed by atoms with Gasteiger partial charge in [-0.3, -0.25) is 28.8 Å². The fourth-order valence-corrected chi connectivity index (χ4v) is 13.2. The molecular weight excluding hydrogens is 1390 g/mol. The topological polar surface area (TPSA) is 376 Å². The van der Waals surface area contributed by atoms with E-state index in [-0.39, 0.29) is 72.5 Å². The Kier molecular flexibility index (Phi) is 23.6. The van der Waals surface area contributed by atoms with E-state index in [0.717, 1.165) is 71.1 Å². The molecule has 0 bridgehead atoms. The third kappa shape index (κ3) is 17.0. The van der Waals surface area contributed by atoms with Gasteiger partial charge in [0.05, 0.1) is 41.8 Å². The van der Waals surface area contributed by atoms with Crippen molar-refractivity contribution in [2.45, 2.75) is 169 Å². The third-order valence-electron chi connectivity index (χ3n) is 18.4. The predicted octanol–water partition coefficient (Wildman–Crippen LogP) is 8.38. The molecule has 1 fully saturated rings. The second kappa shape index (κ2) is 32.4. The van der Waals surface area contributed by atoms with Gasteiger partial charge in [-0.1, -0.05) is 82.3 Å². The van der Waals surface area contributed by atoms with E-state index >= 15 is 0 Å². The number of methoxy groups -OCH3 is 1. The third-order valence-corrected chi connectivity index (χ3v) is 18.4. The fourth-order valence-electron chi connectivity index (χ4n) is 13.2. The zero-order valence-electron chi connectivity index (χ0n) is 61.6. The number of likely N-dealkylation sites (N-methyl/N-ethyl adjacent to an activating group) is 2. The summed E-state index contributed by atoms with van der Waals surface area (Å²) in [5, 5.41) is 8.60. The van der Waals surface area contributed by atoms with Crippen molar-refractivity contribution in [1.82, 2.24) is 30.0 Å². The molecule has 0 spiro atoms. The largest absolute Gasteiger partial charge is 0.514 e. The van der Waals surface area contributed by atoms with Gasteiger partial charge in [-0.2, -0.15) is 0 Å². The molecule has 4 aromatic carbocycles. The molecule has 0 unspecified atom stereocenters. The van der Waals surface area contributed by atoms with Gasteiger partial charge in [0.25, 0.3) is 5.56 Å². The highest BCUT2D eigenvalue weighted by atomic mass is 16.7. The second-order valence-electron chi connectivity index (χ2n) is 27.4. The number of rotatable bonds is 23. The molecule has 0 saturated carbocycles. The summed E-state index contributed by atoms with van der Waals surface area (Å²) in [5.41, 5.74) is 3.74. The van der Waals surface area contributed by atoms with Crippen molar-refractivity contribution in [3.05, 3.63) is 140 Å². The van der Waals surface area contributed by atoms with E-state index in [2.05, 4.69) is 16.0 Å². The zero-order valence-corrected chi connectivity index (χ0v) is 61.6. The molecule has 568 valence electrons. The van der Waals surface area contributed by atoms with E-state index in [1.165, 1.54) is 43.8 Å². The average Bonchev–Trinajstić information content (AvgIpc) is 1.59. The molecule has 1 aliphatic carbocycles. The van der Waals surface area contributed by atoms with E-state index in [9.17, 15) is 57.5 Å². The maximum Gasteiger partial charge on any atom is 0.514 e. The molecule has 3 N–H and O–H groups in total. The molecule has 5 amide bonds. The first kappa shape index (κ1) is 78.0. The van der Waals surface area contributed by atoms with Crippen molar-refractivity contribution in [2.24, 2.45) is 5.92 Å². The summed E-state index contributed by atoms with van der Waals surface area (Å²) in [6.07, 6.45) is -12.6. The molecule has 10 rings (SSSR count). The Morgan fingerprint density at radius 2 is 1.37 bits per heavy atom. The van der Waals surface area contributed by atoms with Gasteiger partial charge < -0.3 is 87.2 Å². The number of carbonyl (C=O) groups is 11. The summed E-state index contributed by atoms with van der Waals surface area (Å²) in [7, 11) is 3.73. The van der Waals surface area contributed by atoms with Crippen LogP contribution < -0.4 is 31.0 Å². The van der Waals surface area contributed by atoms with E-state index in [0.29, 0.717) is 28.7 Å². The zero-order chi connectivity index (χ0) is 77.7. The summed E-state index contributed by atoms with van der Waals surface area (Å²) < 4.78 is 69.4. The Morgan fingerprint density at radius 1 is 0.738 bits per heavy atom. The lowest BCUT2D eigenvalue weighted by atomic mass is 9.85. The number of fused-ring (bicyclic) bond motifs is 8. The summed E-state index contributed by atoms with van der Waals surface area (Å²) in [6, 6.07) is 23.6. The number of amides is 5. The summed E-state index contributed by atoms with van der Waals surface area (Å²) in [6.45, 7) is 15.2. The molecule has 8 atom stereocenters. The average molecular weight is 1480 g/mol. The minimum atomic E-state index is -2.11. The number of anilines is 1. The fraction of sp³-hybridized carbons (Fsp3) is 0.434. The number of esters is 5. The quantitative estimate of drug-likeness (QED) is 0.0307. The highest BCUT2D eigenvalue weighted by molar-refractivity contribution is 5.99. The van der Waals surface area contributed by atoms with Crippen LogP contribution in [0.1, 0.15) is 127 Å². The lowest BCUT2D eigenvalue weighted by Gasteiger charge is -2.43. The van der Waals surface area contributed by atoms with Crippen molar-refractivity contribution in [1.29, 1.82) is 0 Å². The van der Waals surface area contributed by atoms with Crippen LogP contribution in [0.3, 0.4) is 0 Å². The van der Waals surface area contributed by atoms with Crippen LogP contribution in [0, 0.1) is 5.92 Å². The lowest BCUT2D eigenvalue weighted by Crippen LogP contribution is -2.64. The standard InChI is InChI=1S/C76H85N7O24/c1-15-45-50-32-44(103-74(95)107-75(9,10)11)26-28-55(50)78-60-51(45)34-83-57(60)33-54-53(67(83)89)37-97-70(91)76(54,16-2)106-73(94)82(13)30-29-81(12)72(93)99-35-43-25-27-56(58(31-43)104-69-64(102-42(8)86)62(101-41(7)85)61(100-40(6)84)63(105-69)68(90)96-14)79-65(87)39(5)77-66(88)59(38(3)4)80-71(92)98-36-52-48-23-19-17-21-46(48)47-22-18-20-24-49(47)52/h17-28,31-33,38-39,52,59,61-64,69H,15-16,29-30,34-37H2,1-14H3,(H,77,88)(H,79,87)(H,80,92)/t39-,59-,61-,62-,63-,64+,69+,76-/m0/s1. The van der Waals surface area contributed by atoms with Crippen LogP contribution in [-0.2, 0) is 113 Å². The van der Waals surface area contributed by atoms with Crippen LogP contribution in [0.4, 0.5) is 24.9 Å². The Bertz CT molecular complexity index is 4540. The van der Waals surface area contributed by atoms with E-state index < -0.39 is 145 Å². The number of hydrogen-bond acceptors (Lipinski definition) is 25. The molecular formula is C76H85N7O24. The molecule has 2 aromatic heterocycles. The minimum Gasteiger partial charge on any atom is -0.467 e. The molecule has 0 radical (unpaired) electrons. The molecule has 31 nitrogen and oxygen atoms in total. The first-order valence-electron chi connectivity index (χ1n) is 34.6. The van der Waals surface area contributed by atoms with Crippen LogP contribution in [-0.4, -0.2) is 175 Å². The first-order chi connectivity index (χ1) is 50.7. The number of aryl methyl sites for hydroxylation is 1. The number of cyclic esters (lactones) is 1. The van der Waals surface area contributed by atoms with Gasteiger partial charge in [0.2, 0.25) is 29.8 Å². The highest BCUT2D eigenvalue weighted by Crippen LogP contribution is 2.46. The Labute approximate surface area is 614 Å². The van der Waals surface area contributed by atoms with E-state index in [1.807, 2.05) is 55.5 Å². The molecule has 1 saturated heterocycles. The summed E-state index contributed by atoms with van der Waals surface area (Å²) >= 11 is 0. The molecule has 31 heteroatoms. The van der Waals surface area contributed by atoms with Crippen molar-refractivity contribution in [3.8, 4) is 34.0 Å². The maximum atomic E-state index is 14.5. The van der Waals surface area contributed by atoms with Gasteiger partial charge in [-0.25, -0.2) is 33.8 Å². The monoisotopic (exact) mass is 1480 g/mol. The van der Waals surface area contributed by atoms with Gasteiger partial charge >= 0.3 is 54.3 Å².